The van der Waals surface area contributed by atoms with Crippen LogP contribution in [0.15, 0.2) is 23.8 Å². The Labute approximate surface area is 200 Å². The number of aliphatic hydroxyl groups is 1. The molecule has 0 bridgehead atoms. The minimum atomic E-state index is -2.15. The van der Waals surface area contributed by atoms with Gasteiger partial charge >= 0.3 is 5.97 Å². The monoisotopic (exact) mass is 478 g/mol. The quantitative estimate of drug-likeness (QED) is 0.564. The Balaban J connectivity index is 1.64. The summed E-state index contributed by atoms with van der Waals surface area (Å²) in [7, 11) is 0. The van der Waals surface area contributed by atoms with Gasteiger partial charge in [0.2, 0.25) is 0 Å². The zero-order valence-corrected chi connectivity index (χ0v) is 20.5. The number of allylic oxidation sites excluding steroid dienone is 4. The second kappa shape index (κ2) is 8.35. The lowest BCUT2D eigenvalue weighted by Gasteiger charge is -2.63. The van der Waals surface area contributed by atoms with Crippen LogP contribution in [0.25, 0.3) is 0 Å². The van der Waals surface area contributed by atoms with E-state index in [1.54, 1.807) is 6.92 Å². The Bertz CT molecular complexity index is 959. The third kappa shape index (κ3) is 3.29. The predicted octanol–water partition coefficient (Wildman–Crippen LogP) is 4.61. The number of Topliss-reactive ketones (excluding diaryl/α,β-unsaturated/α-hetero) is 1. The van der Waals surface area contributed by atoms with E-state index in [1.807, 2.05) is 20.8 Å². The summed E-state index contributed by atoms with van der Waals surface area (Å²) in [5, 5.41) is 11.3. The number of ether oxygens (including phenoxy) is 1. The molecule has 0 heterocycles. The van der Waals surface area contributed by atoms with Crippen LogP contribution in [0, 0.1) is 28.1 Å². The number of esters is 1. The van der Waals surface area contributed by atoms with Crippen molar-refractivity contribution in [3.63, 3.8) is 0 Å². The molecule has 1 N–H and O–H groups in total. The van der Waals surface area contributed by atoms with Gasteiger partial charge in [0.15, 0.2) is 23.8 Å². The number of rotatable bonds is 6. The fourth-order valence-electron chi connectivity index (χ4n) is 7.60. The van der Waals surface area contributed by atoms with Crippen molar-refractivity contribution in [1.29, 1.82) is 0 Å². The maximum atomic E-state index is 17.1. The Morgan fingerprint density at radius 2 is 1.94 bits per heavy atom. The number of aliphatic hydroxyl groups excluding tert-OH is 1. The van der Waals surface area contributed by atoms with E-state index in [0.29, 0.717) is 19.3 Å². The molecule has 4 rings (SSSR count). The second-order valence-corrected chi connectivity index (χ2v) is 11.4. The molecule has 4 aliphatic rings. The van der Waals surface area contributed by atoms with Crippen LogP contribution in [0.4, 0.5) is 8.78 Å². The van der Waals surface area contributed by atoms with Crippen LogP contribution < -0.4 is 0 Å². The van der Waals surface area contributed by atoms with Gasteiger partial charge in [0, 0.05) is 23.2 Å². The van der Waals surface area contributed by atoms with Gasteiger partial charge in [0.25, 0.3) is 0 Å². The lowest BCUT2D eigenvalue weighted by molar-refractivity contribution is -0.210. The van der Waals surface area contributed by atoms with Crippen molar-refractivity contribution in [1.82, 2.24) is 0 Å². The summed E-state index contributed by atoms with van der Waals surface area (Å²) in [5.74, 6) is -2.15. The average Bonchev–Trinajstić information content (AvgIpc) is 3.05. The van der Waals surface area contributed by atoms with E-state index < -0.39 is 46.1 Å². The predicted molar refractivity (Wildman–Crippen MR) is 122 cm³/mol. The lowest BCUT2D eigenvalue weighted by atomic mass is 9.43. The Hall–Kier alpha value is -1.89. The smallest absolute Gasteiger partial charge is 0.306 e. The van der Waals surface area contributed by atoms with Crippen molar-refractivity contribution < 1.29 is 33.0 Å². The number of fused-ring (bicyclic) bond motifs is 5. The van der Waals surface area contributed by atoms with Gasteiger partial charge in [-0.2, -0.15) is 0 Å². The molecule has 0 aromatic rings. The van der Waals surface area contributed by atoms with Gasteiger partial charge in [0.05, 0.1) is 6.10 Å². The normalized spacial score (nSPS) is 45.1. The Morgan fingerprint density at radius 3 is 2.62 bits per heavy atom. The molecule has 0 aliphatic heterocycles. The van der Waals surface area contributed by atoms with Crippen molar-refractivity contribution in [2.24, 2.45) is 28.1 Å². The largest absolute Gasteiger partial charge is 0.458 e. The van der Waals surface area contributed by atoms with E-state index in [0.717, 1.165) is 6.42 Å². The molecule has 7 heteroatoms. The zero-order chi connectivity index (χ0) is 25.1. The molecule has 0 amide bonds. The van der Waals surface area contributed by atoms with Crippen LogP contribution in [0.1, 0.15) is 72.6 Å². The number of hydrogen-bond acceptors (Lipinski definition) is 5. The standard InChI is InChI=1S/C27H36F2O5/c1-5-6-7-23(33)34-15-22(32)25(3)11-9-17-18-13-20(28)19-12-16(30)8-10-24(19,2)27(18,29)21(31)14-26(17,25)4/h8,10,12,17-18,20-21,31H,5-7,9,11,13-15H2,1-4H3/t17?,18?,20?,21-,24-,25+,26-,27-/m0/s1. The fourth-order valence-corrected chi connectivity index (χ4v) is 7.60. The molecule has 4 aliphatic carbocycles. The van der Waals surface area contributed by atoms with E-state index >= 15 is 8.78 Å². The van der Waals surface area contributed by atoms with E-state index in [2.05, 4.69) is 0 Å². The van der Waals surface area contributed by atoms with Crippen LogP contribution in [0.5, 0.6) is 0 Å². The van der Waals surface area contributed by atoms with Gasteiger partial charge in [-0.1, -0.05) is 33.3 Å². The van der Waals surface area contributed by atoms with Gasteiger partial charge in [-0.15, -0.1) is 0 Å². The number of alkyl halides is 2. The Morgan fingerprint density at radius 1 is 1.24 bits per heavy atom. The van der Waals surface area contributed by atoms with Crippen LogP contribution in [0.3, 0.4) is 0 Å². The number of hydrogen-bond donors (Lipinski definition) is 1. The first-order valence-electron chi connectivity index (χ1n) is 12.5. The summed E-state index contributed by atoms with van der Waals surface area (Å²) in [6, 6.07) is 0. The average molecular weight is 479 g/mol. The molecule has 3 unspecified atom stereocenters. The first-order valence-corrected chi connectivity index (χ1v) is 12.5. The highest BCUT2D eigenvalue weighted by Crippen LogP contribution is 2.72. The van der Waals surface area contributed by atoms with E-state index in [9.17, 15) is 19.5 Å². The molecule has 5 nitrogen and oxygen atoms in total. The summed E-state index contributed by atoms with van der Waals surface area (Å²) in [6.07, 6.45) is 3.62. The number of unbranched alkanes of at least 4 members (excludes halogenated alkanes) is 1. The minimum absolute atomic E-state index is 0.0400. The molecule has 0 saturated heterocycles. The number of ketones is 2. The van der Waals surface area contributed by atoms with Crippen LogP contribution >= 0.6 is 0 Å². The fraction of sp³-hybridized carbons (Fsp3) is 0.741. The first-order chi connectivity index (χ1) is 15.8. The van der Waals surface area contributed by atoms with Gasteiger partial charge in [-0.05, 0) is 68.1 Å². The molecular formula is C27H36F2O5. The van der Waals surface area contributed by atoms with Crippen LogP contribution in [-0.2, 0) is 19.1 Å². The van der Waals surface area contributed by atoms with Gasteiger partial charge < -0.3 is 9.84 Å². The van der Waals surface area contributed by atoms with Crippen molar-refractivity contribution in [3.05, 3.63) is 23.8 Å². The third-order valence-electron chi connectivity index (χ3n) is 9.95. The molecule has 3 saturated carbocycles. The molecule has 0 spiro atoms. The summed E-state index contributed by atoms with van der Waals surface area (Å²) >= 11 is 0. The molecule has 0 aromatic carbocycles. The van der Waals surface area contributed by atoms with Crippen molar-refractivity contribution in [2.45, 2.75) is 90.6 Å². The van der Waals surface area contributed by atoms with Crippen LogP contribution in [-0.4, -0.2) is 47.2 Å². The highest BCUT2D eigenvalue weighted by atomic mass is 19.1. The molecule has 34 heavy (non-hydrogen) atoms. The second-order valence-electron chi connectivity index (χ2n) is 11.4. The Kier molecular flexibility index (Phi) is 6.19. The number of halogens is 2. The van der Waals surface area contributed by atoms with Gasteiger partial charge in [-0.25, -0.2) is 8.78 Å². The summed E-state index contributed by atoms with van der Waals surface area (Å²) in [6.45, 7) is 6.90. The topological polar surface area (TPSA) is 80.7 Å². The molecule has 188 valence electrons. The molecule has 8 atom stereocenters. The third-order valence-corrected chi connectivity index (χ3v) is 9.95. The van der Waals surface area contributed by atoms with Crippen molar-refractivity contribution >= 4 is 17.5 Å². The van der Waals surface area contributed by atoms with Crippen molar-refractivity contribution in [3.8, 4) is 0 Å². The van der Waals surface area contributed by atoms with E-state index in [-0.39, 0.29) is 48.9 Å². The summed E-state index contributed by atoms with van der Waals surface area (Å²) in [5.41, 5.74) is -5.18. The highest BCUT2D eigenvalue weighted by Gasteiger charge is 2.74. The van der Waals surface area contributed by atoms with Gasteiger partial charge in [-0.3, -0.25) is 14.4 Å². The van der Waals surface area contributed by atoms with Gasteiger partial charge in [0.1, 0.15) is 6.17 Å². The van der Waals surface area contributed by atoms with Crippen molar-refractivity contribution in [2.75, 3.05) is 6.61 Å². The molecule has 0 radical (unpaired) electrons. The zero-order valence-electron chi connectivity index (χ0n) is 20.5. The highest BCUT2D eigenvalue weighted by molar-refractivity contribution is 6.01. The molecule has 0 aromatic heterocycles. The maximum Gasteiger partial charge on any atom is 0.306 e. The number of carbonyl (C=O) groups excluding carboxylic acids is 3. The maximum absolute atomic E-state index is 17.1. The molecule has 3 fully saturated rings. The number of carbonyl (C=O) groups is 3. The minimum Gasteiger partial charge on any atom is -0.458 e. The van der Waals surface area contributed by atoms with E-state index in [4.69, 9.17) is 4.74 Å². The lowest BCUT2D eigenvalue weighted by Crippen LogP contribution is -2.69. The van der Waals surface area contributed by atoms with Crippen LogP contribution in [0.2, 0.25) is 0 Å². The SMILES string of the molecule is CCCCC(=O)OCC(=O)[C@@]1(C)CCC2C3CC(F)C4=CC(=O)C=C[C@]4(C)[C@@]3(F)[C@@H](O)C[C@@]21C. The van der Waals surface area contributed by atoms with E-state index in [1.165, 1.54) is 18.2 Å². The summed E-state index contributed by atoms with van der Waals surface area (Å²) < 4.78 is 37.8. The first kappa shape index (κ1) is 25.2. The molecular weight excluding hydrogens is 442 g/mol. The summed E-state index contributed by atoms with van der Waals surface area (Å²) in [4.78, 5) is 37.2.